The standard InChI is InChI=1S/C20H30O5/c1-2-3-6-9-15(21)12-13-17-16(18(22)14-19(17)23)10-7-4-5-8-11-20(24)25/h4,7,12-13,15-17,21H,2-3,5-6,8-11,14H2,1H3,(H,24,25)/b7-4+,13-12+/t15-,16+,17+/m0/s1. The van der Waals surface area contributed by atoms with Crippen LogP contribution in [0.2, 0.25) is 0 Å². The van der Waals surface area contributed by atoms with Crippen LogP contribution in [0.25, 0.3) is 0 Å². The van der Waals surface area contributed by atoms with Crippen LogP contribution in [0.5, 0.6) is 0 Å². The average Bonchev–Trinajstić information content (AvgIpc) is 2.82. The number of Topliss-reactive ketones (excluding diaryl/α,β-unsaturated/α-hetero) is 2. The van der Waals surface area contributed by atoms with Crippen LogP contribution in [-0.2, 0) is 14.4 Å². The molecule has 5 nitrogen and oxygen atoms in total. The quantitative estimate of drug-likeness (QED) is 0.319. The molecule has 140 valence electrons. The van der Waals surface area contributed by atoms with E-state index in [1.807, 2.05) is 12.2 Å². The molecule has 0 bridgehead atoms. The van der Waals surface area contributed by atoms with Gasteiger partial charge in [0.2, 0.25) is 0 Å². The summed E-state index contributed by atoms with van der Waals surface area (Å²) in [6.07, 6.45) is 12.1. The van der Waals surface area contributed by atoms with E-state index in [1.54, 1.807) is 12.2 Å². The van der Waals surface area contributed by atoms with Crippen molar-refractivity contribution in [3.63, 3.8) is 0 Å². The number of carbonyl (C=O) groups is 3. The van der Waals surface area contributed by atoms with E-state index >= 15 is 0 Å². The maximum atomic E-state index is 12.0. The Balaban J connectivity index is 2.49. The summed E-state index contributed by atoms with van der Waals surface area (Å²) in [5.41, 5.74) is 0. The fraction of sp³-hybridized carbons (Fsp3) is 0.650. The summed E-state index contributed by atoms with van der Waals surface area (Å²) in [4.78, 5) is 34.5. The lowest BCUT2D eigenvalue weighted by Gasteiger charge is -2.12. The number of carboxylic acid groups (broad SMARTS) is 1. The third-order valence-corrected chi connectivity index (χ3v) is 4.53. The number of carboxylic acids is 1. The highest BCUT2D eigenvalue weighted by atomic mass is 16.4. The lowest BCUT2D eigenvalue weighted by molar-refractivity contribution is -0.137. The largest absolute Gasteiger partial charge is 0.481 e. The zero-order chi connectivity index (χ0) is 18.7. The van der Waals surface area contributed by atoms with E-state index in [-0.39, 0.29) is 30.3 Å². The monoisotopic (exact) mass is 350 g/mol. The maximum Gasteiger partial charge on any atom is 0.303 e. The van der Waals surface area contributed by atoms with E-state index in [0.29, 0.717) is 25.7 Å². The number of aliphatic carboxylic acids is 1. The van der Waals surface area contributed by atoms with Gasteiger partial charge in [0, 0.05) is 18.3 Å². The highest BCUT2D eigenvalue weighted by Gasteiger charge is 2.38. The zero-order valence-electron chi connectivity index (χ0n) is 15.0. The van der Waals surface area contributed by atoms with Gasteiger partial charge in [0.1, 0.15) is 11.6 Å². The van der Waals surface area contributed by atoms with Crippen LogP contribution in [0.15, 0.2) is 24.3 Å². The van der Waals surface area contributed by atoms with Crippen molar-refractivity contribution in [3.05, 3.63) is 24.3 Å². The molecule has 0 amide bonds. The van der Waals surface area contributed by atoms with Crippen molar-refractivity contribution in [1.29, 1.82) is 0 Å². The summed E-state index contributed by atoms with van der Waals surface area (Å²) >= 11 is 0. The first-order valence-electron chi connectivity index (χ1n) is 9.24. The Kier molecular flexibility index (Phi) is 10.0. The van der Waals surface area contributed by atoms with Gasteiger partial charge in [-0.3, -0.25) is 14.4 Å². The molecule has 3 atom stereocenters. The molecule has 0 aromatic heterocycles. The van der Waals surface area contributed by atoms with Gasteiger partial charge >= 0.3 is 5.97 Å². The van der Waals surface area contributed by atoms with Crippen molar-refractivity contribution in [2.45, 2.75) is 70.8 Å². The van der Waals surface area contributed by atoms with Gasteiger partial charge in [0.15, 0.2) is 0 Å². The maximum absolute atomic E-state index is 12.0. The molecule has 0 spiro atoms. The molecule has 1 aliphatic rings. The predicted octanol–water partition coefficient (Wildman–Crippen LogP) is 3.46. The highest BCUT2D eigenvalue weighted by Crippen LogP contribution is 2.30. The van der Waals surface area contributed by atoms with E-state index in [1.165, 1.54) is 0 Å². The SMILES string of the molecule is CCCCC[C@H](O)/C=C/[C@H]1C(=O)CC(=O)[C@@H]1C/C=C/CCCC(=O)O. The van der Waals surface area contributed by atoms with Crippen molar-refractivity contribution < 1.29 is 24.6 Å². The molecule has 0 aromatic rings. The number of carbonyl (C=O) groups excluding carboxylic acids is 2. The second-order valence-electron chi connectivity index (χ2n) is 6.68. The summed E-state index contributed by atoms with van der Waals surface area (Å²) in [6, 6.07) is 0. The normalized spacial score (nSPS) is 22.3. The van der Waals surface area contributed by atoms with Crippen LogP contribution in [0.1, 0.15) is 64.7 Å². The van der Waals surface area contributed by atoms with Gasteiger partial charge in [0.25, 0.3) is 0 Å². The van der Waals surface area contributed by atoms with E-state index in [2.05, 4.69) is 6.92 Å². The Hall–Kier alpha value is -1.75. The van der Waals surface area contributed by atoms with Crippen LogP contribution in [0.4, 0.5) is 0 Å². The smallest absolute Gasteiger partial charge is 0.303 e. The lowest BCUT2D eigenvalue weighted by Crippen LogP contribution is -2.16. The fourth-order valence-electron chi connectivity index (χ4n) is 3.04. The van der Waals surface area contributed by atoms with E-state index in [0.717, 1.165) is 19.3 Å². The molecule has 0 aromatic carbocycles. The van der Waals surface area contributed by atoms with Crippen molar-refractivity contribution in [2.75, 3.05) is 0 Å². The molecule has 1 saturated carbocycles. The molecular formula is C20H30O5. The number of rotatable bonds is 12. The number of ketones is 2. The summed E-state index contributed by atoms with van der Waals surface area (Å²) < 4.78 is 0. The van der Waals surface area contributed by atoms with Gasteiger partial charge < -0.3 is 10.2 Å². The summed E-state index contributed by atoms with van der Waals surface area (Å²) in [5.74, 6) is -1.74. The molecule has 0 saturated heterocycles. The number of aliphatic hydroxyl groups is 1. The molecule has 1 fully saturated rings. The molecule has 1 aliphatic carbocycles. The Morgan fingerprint density at radius 2 is 1.96 bits per heavy atom. The second kappa shape index (κ2) is 11.7. The van der Waals surface area contributed by atoms with E-state index in [9.17, 15) is 19.5 Å². The molecule has 25 heavy (non-hydrogen) atoms. The van der Waals surface area contributed by atoms with Crippen LogP contribution in [0, 0.1) is 11.8 Å². The molecule has 0 heterocycles. The topological polar surface area (TPSA) is 91.7 Å². The molecule has 0 unspecified atom stereocenters. The minimum absolute atomic E-state index is 0.0293. The number of allylic oxidation sites excluding steroid dienone is 3. The van der Waals surface area contributed by atoms with Gasteiger partial charge in [-0.2, -0.15) is 0 Å². The van der Waals surface area contributed by atoms with Crippen molar-refractivity contribution in [3.8, 4) is 0 Å². The number of aliphatic hydroxyl groups excluding tert-OH is 1. The first-order chi connectivity index (χ1) is 12.0. The van der Waals surface area contributed by atoms with Crippen molar-refractivity contribution >= 4 is 17.5 Å². The van der Waals surface area contributed by atoms with E-state index < -0.39 is 18.0 Å². The third kappa shape index (κ3) is 8.25. The first kappa shape index (κ1) is 21.3. The fourth-order valence-corrected chi connectivity index (χ4v) is 3.04. The van der Waals surface area contributed by atoms with Crippen LogP contribution in [0.3, 0.4) is 0 Å². The Morgan fingerprint density at radius 1 is 1.20 bits per heavy atom. The van der Waals surface area contributed by atoms with Crippen LogP contribution in [-0.4, -0.2) is 33.9 Å². The molecule has 0 radical (unpaired) electrons. The molecule has 0 aliphatic heterocycles. The number of hydrogen-bond donors (Lipinski definition) is 2. The van der Waals surface area contributed by atoms with Gasteiger partial charge in [-0.15, -0.1) is 0 Å². The van der Waals surface area contributed by atoms with Crippen LogP contribution >= 0.6 is 0 Å². The van der Waals surface area contributed by atoms with E-state index in [4.69, 9.17) is 5.11 Å². The third-order valence-electron chi connectivity index (χ3n) is 4.53. The Morgan fingerprint density at radius 3 is 2.64 bits per heavy atom. The van der Waals surface area contributed by atoms with Gasteiger partial charge in [0.05, 0.1) is 12.5 Å². The van der Waals surface area contributed by atoms with Crippen molar-refractivity contribution in [1.82, 2.24) is 0 Å². The summed E-state index contributed by atoms with van der Waals surface area (Å²) in [6.45, 7) is 2.10. The minimum atomic E-state index is -0.812. The molecule has 1 rings (SSSR count). The van der Waals surface area contributed by atoms with Gasteiger partial charge in [-0.05, 0) is 25.7 Å². The zero-order valence-corrected chi connectivity index (χ0v) is 15.0. The van der Waals surface area contributed by atoms with Gasteiger partial charge in [-0.1, -0.05) is 50.5 Å². The molecular weight excluding hydrogens is 320 g/mol. The molecule has 5 heteroatoms. The Labute approximate surface area is 149 Å². The first-order valence-corrected chi connectivity index (χ1v) is 9.24. The summed E-state index contributed by atoms with van der Waals surface area (Å²) in [7, 11) is 0. The van der Waals surface area contributed by atoms with Crippen LogP contribution < -0.4 is 0 Å². The molecule has 2 N–H and O–H groups in total. The second-order valence-corrected chi connectivity index (χ2v) is 6.68. The average molecular weight is 350 g/mol. The van der Waals surface area contributed by atoms with Crippen molar-refractivity contribution in [2.24, 2.45) is 11.8 Å². The predicted molar refractivity (Wildman–Crippen MR) is 96.1 cm³/mol. The highest BCUT2D eigenvalue weighted by molar-refractivity contribution is 6.09. The lowest BCUT2D eigenvalue weighted by atomic mass is 9.90. The number of hydrogen-bond acceptors (Lipinski definition) is 4. The van der Waals surface area contributed by atoms with Gasteiger partial charge in [-0.25, -0.2) is 0 Å². The minimum Gasteiger partial charge on any atom is -0.481 e. The number of unbranched alkanes of at least 4 members (excludes halogenated alkanes) is 3. The Bertz CT molecular complexity index is 506. The summed E-state index contributed by atoms with van der Waals surface area (Å²) in [5, 5.41) is 18.5.